The Labute approximate surface area is 321 Å². The van der Waals surface area contributed by atoms with Crippen LogP contribution in [0.2, 0.25) is 0 Å². The van der Waals surface area contributed by atoms with E-state index in [1.165, 1.54) is 5.56 Å². The fraction of sp³-hybridized carbons (Fsp3) is 0. The van der Waals surface area contributed by atoms with E-state index in [-0.39, 0.29) is 0 Å². The molecule has 3 nitrogen and oxygen atoms in total. The molecule has 2 heterocycles. The van der Waals surface area contributed by atoms with Gasteiger partial charge in [-0.2, -0.15) is 0 Å². The standard InChI is InChI=1S/C52H37N3/c1-37(38-17-6-2-7-18-38)50(53-48-25-12-5-13-26-48)44-24-16-23-43(33-44)47-35-45(39-19-8-3-9-20-39)34-46(36-47)40-28-30-42(31-29-40)52-51(41-21-10-4-11-22-41)54-49-27-14-15-32-55(49)52/h2-36H,1H2/b53-50+. The second kappa shape index (κ2) is 14.9. The molecule has 0 unspecified atom stereocenters. The molecule has 7 aromatic carbocycles. The van der Waals surface area contributed by atoms with Gasteiger partial charge in [-0.25, -0.2) is 9.98 Å². The van der Waals surface area contributed by atoms with Crippen molar-refractivity contribution in [3.05, 3.63) is 230 Å². The second-order valence-electron chi connectivity index (χ2n) is 13.6. The number of aromatic nitrogens is 2. The topological polar surface area (TPSA) is 29.7 Å². The highest BCUT2D eigenvalue weighted by Gasteiger charge is 2.17. The van der Waals surface area contributed by atoms with Crippen molar-refractivity contribution in [1.82, 2.24) is 9.38 Å². The summed E-state index contributed by atoms with van der Waals surface area (Å²) in [6.45, 7) is 4.54. The molecule has 0 saturated carbocycles. The lowest BCUT2D eigenvalue weighted by Gasteiger charge is -2.15. The predicted molar refractivity (Wildman–Crippen MR) is 230 cm³/mol. The molecule has 2 aromatic heterocycles. The van der Waals surface area contributed by atoms with Gasteiger partial charge in [0.05, 0.1) is 22.8 Å². The predicted octanol–water partition coefficient (Wildman–Crippen LogP) is 13.5. The van der Waals surface area contributed by atoms with Gasteiger partial charge < -0.3 is 0 Å². The first kappa shape index (κ1) is 33.5. The molecule has 0 aliphatic rings. The number of pyridine rings is 1. The number of para-hydroxylation sites is 1. The summed E-state index contributed by atoms with van der Waals surface area (Å²) in [7, 11) is 0. The van der Waals surface area contributed by atoms with Gasteiger partial charge >= 0.3 is 0 Å². The largest absolute Gasteiger partial charge is 0.299 e. The molecule has 0 amide bonds. The minimum absolute atomic E-state index is 0.844. The molecule has 3 heteroatoms. The normalized spacial score (nSPS) is 11.5. The average Bonchev–Trinajstić information content (AvgIpc) is 3.66. The van der Waals surface area contributed by atoms with Gasteiger partial charge in [0, 0.05) is 28.5 Å². The lowest BCUT2D eigenvalue weighted by molar-refractivity contribution is 1.19. The first-order valence-corrected chi connectivity index (χ1v) is 18.5. The molecule has 0 bridgehead atoms. The molecule has 9 aromatic rings. The third-order valence-corrected chi connectivity index (χ3v) is 9.98. The van der Waals surface area contributed by atoms with Gasteiger partial charge in [-0.15, -0.1) is 0 Å². The van der Waals surface area contributed by atoms with Crippen LogP contribution in [0.15, 0.2) is 224 Å². The van der Waals surface area contributed by atoms with Crippen molar-refractivity contribution in [2.24, 2.45) is 4.99 Å². The third kappa shape index (κ3) is 6.95. The molecule has 0 aliphatic carbocycles. The Kier molecular flexibility index (Phi) is 9.09. The minimum atomic E-state index is 0.844. The molecule has 260 valence electrons. The molecule has 0 fully saturated rings. The zero-order chi connectivity index (χ0) is 37.0. The molecule has 55 heavy (non-hydrogen) atoms. The van der Waals surface area contributed by atoms with Gasteiger partial charge in [0.2, 0.25) is 0 Å². The van der Waals surface area contributed by atoms with Crippen molar-refractivity contribution in [3.63, 3.8) is 0 Å². The van der Waals surface area contributed by atoms with Crippen molar-refractivity contribution in [1.29, 1.82) is 0 Å². The van der Waals surface area contributed by atoms with E-state index >= 15 is 0 Å². The summed E-state index contributed by atoms with van der Waals surface area (Å²) < 4.78 is 2.18. The van der Waals surface area contributed by atoms with Crippen LogP contribution in [0, 0.1) is 0 Å². The van der Waals surface area contributed by atoms with Crippen LogP contribution in [0.5, 0.6) is 0 Å². The lowest BCUT2D eigenvalue weighted by Crippen LogP contribution is -2.04. The van der Waals surface area contributed by atoms with E-state index in [0.717, 1.165) is 84.1 Å². The van der Waals surface area contributed by atoms with Crippen LogP contribution in [0.4, 0.5) is 5.69 Å². The van der Waals surface area contributed by atoms with E-state index in [9.17, 15) is 0 Å². The molecule has 0 N–H and O–H groups in total. The summed E-state index contributed by atoms with van der Waals surface area (Å²) >= 11 is 0. The highest BCUT2D eigenvalue weighted by molar-refractivity contribution is 6.32. The Morgan fingerprint density at radius 1 is 0.418 bits per heavy atom. The number of fused-ring (bicyclic) bond motifs is 1. The maximum Gasteiger partial charge on any atom is 0.137 e. The van der Waals surface area contributed by atoms with Crippen molar-refractivity contribution < 1.29 is 0 Å². The van der Waals surface area contributed by atoms with Crippen molar-refractivity contribution in [2.75, 3.05) is 0 Å². The van der Waals surface area contributed by atoms with E-state index in [1.807, 2.05) is 60.7 Å². The Hall–Kier alpha value is -7.36. The number of hydrogen-bond donors (Lipinski definition) is 0. The Bertz CT molecular complexity index is 2780. The average molecular weight is 704 g/mol. The number of imidazole rings is 1. The minimum Gasteiger partial charge on any atom is -0.299 e. The fourth-order valence-electron chi connectivity index (χ4n) is 7.21. The van der Waals surface area contributed by atoms with E-state index in [0.29, 0.717) is 0 Å². The fourth-order valence-corrected chi connectivity index (χ4v) is 7.21. The van der Waals surface area contributed by atoms with Crippen LogP contribution in [0.25, 0.3) is 67.1 Å². The summed E-state index contributed by atoms with van der Waals surface area (Å²) in [4.78, 5) is 10.2. The van der Waals surface area contributed by atoms with Gasteiger partial charge in [-0.3, -0.25) is 4.40 Å². The van der Waals surface area contributed by atoms with Gasteiger partial charge in [-0.05, 0) is 87.5 Å². The summed E-state index contributed by atoms with van der Waals surface area (Å²) in [6, 6.07) is 72.0. The number of aliphatic imine (C=N–C) groups is 1. The van der Waals surface area contributed by atoms with Crippen LogP contribution in [-0.4, -0.2) is 15.1 Å². The maximum absolute atomic E-state index is 5.15. The first-order valence-electron chi connectivity index (χ1n) is 18.5. The SMILES string of the molecule is C=C(/C(=N\c1ccccc1)c1cccc(-c2cc(-c3ccccc3)cc(-c3ccc(-c4c(-c5ccccc5)nc5ccccn45)cc3)c2)c1)c1ccccc1. The van der Waals surface area contributed by atoms with Crippen LogP contribution in [-0.2, 0) is 0 Å². The number of allylic oxidation sites excluding steroid dienone is 1. The number of nitrogens with zero attached hydrogens (tertiary/aromatic N) is 3. The number of benzene rings is 7. The molecule has 0 radical (unpaired) electrons. The summed E-state index contributed by atoms with van der Waals surface area (Å²) in [6.07, 6.45) is 2.09. The van der Waals surface area contributed by atoms with Gasteiger partial charge in [0.1, 0.15) is 5.65 Å². The summed E-state index contributed by atoms with van der Waals surface area (Å²) in [5.41, 5.74) is 16.7. The Balaban J connectivity index is 1.14. The van der Waals surface area contributed by atoms with Gasteiger partial charge in [0.25, 0.3) is 0 Å². The molecule has 0 spiro atoms. The van der Waals surface area contributed by atoms with E-state index in [1.54, 1.807) is 0 Å². The molecule has 9 rings (SSSR count). The molecule has 0 aliphatic heterocycles. The highest BCUT2D eigenvalue weighted by Crippen LogP contribution is 2.37. The molecule has 0 atom stereocenters. The zero-order valence-corrected chi connectivity index (χ0v) is 30.3. The lowest BCUT2D eigenvalue weighted by atomic mass is 9.91. The number of rotatable bonds is 9. The first-order chi connectivity index (χ1) is 27.2. The van der Waals surface area contributed by atoms with Crippen molar-refractivity contribution in [3.8, 4) is 55.9 Å². The summed E-state index contributed by atoms with van der Waals surface area (Å²) in [5.74, 6) is 0. The molecular weight excluding hydrogens is 667 g/mol. The third-order valence-electron chi connectivity index (χ3n) is 9.98. The van der Waals surface area contributed by atoms with Crippen molar-refractivity contribution >= 4 is 22.6 Å². The van der Waals surface area contributed by atoms with Gasteiger partial charge in [-0.1, -0.05) is 164 Å². The molecule has 0 saturated heterocycles. The van der Waals surface area contributed by atoms with Gasteiger partial charge in [0.15, 0.2) is 0 Å². The quantitative estimate of drug-likeness (QED) is 0.138. The van der Waals surface area contributed by atoms with E-state index < -0.39 is 0 Å². The highest BCUT2D eigenvalue weighted by atomic mass is 15.0. The van der Waals surface area contributed by atoms with Crippen LogP contribution >= 0.6 is 0 Å². The smallest absolute Gasteiger partial charge is 0.137 e. The van der Waals surface area contributed by atoms with E-state index in [4.69, 9.17) is 9.98 Å². The van der Waals surface area contributed by atoms with Crippen LogP contribution < -0.4 is 0 Å². The Morgan fingerprint density at radius 2 is 0.927 bits per heavy atom. The summed E-state index contributed by atoms with van der Waals surface area (Å²) in [5, 5.41) is 0. The monoisotopic (exact) mass is 703 g/mol. The van der Waals surface area contributed by atoms with Crippen LogP contribution in [0.1, 0.15) is 11.1 Å². The number of hydrogen-bond acceptors (Lipinski definition) is 2. The Morgan fingerprint density at radius 3 is 1.60 bits per heavy atom. The molecular formula is C52H37N3. The second-order valence-corrected chi connectivity index (χ2v) is 13.6. The van der Waals surface area contributed by atoms with Crippen LogP contribution in [0.3, 0.4) is 0 Å². The van der Waals surface area contributed by atoms with E-state index in [2.05, 4.69) is 163 Å². The zero-order valence-electron chi connectivity index (χ0n) is 30.3. The maximum atomic E-state index is 5.15. The van der Waals surface area contributed by atoms with Crippen molar-refractivity contribution in [2.45, 2.75) is 0 Å².